The Morgan fingerprint density at radius 2 is 1.64 bits per heavy atom. The second-order valence-corrected chi connectivity index (χ2v) is 10.1. The van der Waals surface area contributed by atoms with Crippen LogP contribution in [-0.4, -0.2) is 35.5 Å². The first-order chi connectivity index (χ1) is 17.7. The quantitative estimate of drug-likeness (QED) is 0.191. The number of rotatable bonds is 18. The highest BCUT2D eigenvalue weighted by Crippen LogP contribution is 2.30. The van der Waals surface area contributed by atoms with Crippen LogP contribution in [0.4, 0.5) is 8.78 Å². The third-order valence-electron chi connectivity index (χ3n) is 7.10. The Hall–Kier alpha value is -2.24. The summed E-state index contributed by atoms with van der Waals surface area (Å²) < 4.78 is 40.2. The van der Waals surface area contributed by atoms with Crippen LogP contribution >= 0.6 is 0 Å². The average Bonchev–Trinajstić information content (AvgIpc) is 3.43. The van der Waals surface area contributed by atoms with Gasteiger partial charge in [0.1, 0.15) is 12.8 Å². The number of hydrogen-bond donors (Lipinski definition) is 0. The van der Waals surface area contributed by atoms with E-state index in [1.165, 1.54) is 51.4 Å². The van der Waals surface area contributed by atoms with Crippen molar-refractivity contribution in [2.45, 2.75) is 109 Å². The van der Waals surface area contributed by atoms with E-state index in [0.717, 1.165) is 37.2 Å². The number of aromatic nitrogens is 2. The summed E-state index contributed by atoms with van der Waals surface area (Å²) in [5.41, 5.74) is 0.825. The lowest BCUT2D eigenvalue weighted by Gasteiger charge is -2.16. The molecule has 4 nitrogen and oxygen atoms in total. The van der Waals surface area contributed by atoms with Crippen molar-refractivity contribution < 1.29 is 18.3 Å². The zero-order valence-corrected chi connectivity index (χ0v) is 22.0. The summed E-state index contributed by atoms with van der Waals surface area (Å²) in [6.07, 6.45) is 14.0. The highest BCUT2D eigenvalue weighted by Gasteiger charge is 2.22. The molecule has 0 bridgehead atoms. The van der Waals surface area contributed by atoms with Gasteiger partial charge >= 0.3 is 0 Å². The lowest BCUT2D eigenvalue weighted by molar-refractivity contribution is 0.0971. The molecule has 6 heteroatoms. The highest BCUT2D eigenvalue weighted by atomic mass is 19.2. The summed E-state index contributed by atoms with van der Waals surface area (Å²) in [4.78, 5) is 8.89. The molecule has 2 unspecified atom stereocenters. The van der Waals surface area contributed by atoms with Gasteiger partial charge in [-0.2, -0.15) is 4.98 Å². The lowest BCUT2D eigenvalue weighted by atomic mass is 9.99. The summed E-state index contributed by atoms with van der Waals surface area (Å²) in [5, 5.41) is 0. The Bertz CT molecular complexity index is 846. The van der Waals surface area contributed by atoms with E-state index in [4.69, 9.17) is 9.47 Å². The summed E-state index contributed by atoms with van der Waals surface area (Å²) in [5.74, 6) is 1.99. The highest BCUT2D eigenvalue weighted by molar-refractivity contribution is 5.56. The molecule has 2 aromatic rings. The third kappa shape index (κ3) is 10.0. The zero-order chi connectivity index (χ0) is 25.4. The van der Waals surface area contributed by atoms with Crippen LogP contribution in [-0.2, 0) is 0 Å². The van der Waals surface area contributed by atoms with E-state index >= 15 is 0 Å². The van der Waals surface area contributed by atoms with E-state index in [1.54, 1.807) is 6.20 Å². The molecule has 1 aliphatic carbocycles. The van der Waals surface area contributed by atoms with E-state index in [2.05, 4.69) is 9.97 Å². The molecule has 0 N–H and O–H groups in total. The SMILES string of the molecule is CCCCCC(F)C(F)COc1nc(-c2ccccc2)ncc1OCCCCCCCC1CCCC1. The van der Waals surface area contributed by atoms with Crippen molar-refractivity contribution in [1.82, 2.24) is 9.97 Å². The first-order valence-corrected chi connectivity index (χ1v) is 14.1. The Balaban J connectivity index is 1.47. The van der Waals surface area contributed by atoms with Crippen molar-refractivity contribution in [3.8, 4) is 23.0 Å². The van der Waals surface area contributed by atoms with Crippen LogP contribution in [0.2, 0.25) is 0 Å². The largest absolute Gasteiger partial charge is 0.487 e. The number of nitrogens with zero attached hydrogens (tertiary/aromatic N) is 2. The van der Waals surface area contributed by atoms with Gasteiger partial charge in [0, 0.05) is 5.56 Å². The Morgan fingerprint density at radius 1 is 0.889 bits per heavy atom. The van der Waals surface area contributed by atoms with E-state index < -0.39 is 19.0 Å². The van der Waals surface area contributed by atoms with Crippen LogP contribution in [0.1, 0.15) is 96.8 Å². The van der Waals surface area contributed by atoms with Gasteiger partial charge in [-0.3, -0.25) is 0 Å². The molecule has 36 heavy (non-hydrogen) atoms. The van der Waals surface area contributed by atoms with Crippen LogP contribution in [0.5, 0.6) is 11.6 Å². The standard InChI is InChI=1S/C30H44F2N2O2/c1-2-3-8-20-26(31)27(32)23-36-30-28(22-33-29(34-30)25-18-10-7-11-19-25)35-21-14-6-4-5-9-15-24-16-12-13-17-24/h7,10-11,18-19,22,24,26-27H,2-6,8-9,12-17,20-21,23H2,1H3. The molecule has 0 saturated heterocycles. The molecule has 1 aromatic heterocycles. The monoisotopic (exact) mass is 502 g/mol. The predicted octanol–water partition coefficient (Wildman–Crippen LogP) is 8.69. The second-order valence-electron chi connectivity index (χ2n) is 10.1. The van der Waals surface area contributed by atoms with Gasteiger partial charge in [-0.15, -0.1) is 0 Å². The summed E-state index contributed by atoms with van der Waals surface area (Å²) in [6, 6.07) is 9.52. The van der Waals surface area contributed by atoms with Crippen molar-refractivity contribution in [3.63, 3.8) is 0 Å². The van der Waals surface area contributed by atoms with Gasteiger partial charge in [0.25, 0.3) is 5.88 Å². The van der Waals surface area contributed by atoms with Gasteiger partial charge in [0.05, 0.1) is 12.8 Å². The van der Waals surface area contributed by atoms with E-state index in [1.807, 2.05) is 37.3 Å². The van der Waals surface area contributed by atoms with Crippen molar-refractivity contribution in [2.75, 3.05) is 13.2 Å². The van der Waals surface area contributed by atoms with Crippen LogP contribution in [0.25, 0.3) is 11.4 Å². The van der Waals surface area contributed by atoms with Gasteiger partial charge in [-0.05, 0) is 18.8 Å². The van der Waals surface area contributed by atoms with Crippen LogP contribution < -0.4 is 9.47 Å². The minimum atomic E-state index is -1.70. The fourth-order valence-corrected chi connectivity index (χ4v) is 4.86. The van der Waals surface area contributed by atoms with Crippen molar-refractivity contribution in [3.05, 3.63) is 36.5 Å². The molecular weight excluding hydrogens is 458 g/mol. The molecule has 1 aliphatic rings. The molecule has 0 aliphatic heterocycles. The number of benzene rings is 1. The van der Waals surface area contributed by atoms with E-state index in [-0.39, 0.29) is 12.3 Å². The normalized spacial score (nSPS) is 15.6. The smallest absolute Gasteiger partial charge is 0.260 e. The maximum Gasteiger partial charge on any atom is 0.260 e. The number of halogens is 2. The molecule has 2 atom stereocenters. The first-order valence-electron chi connectivity index (χ1n) is 14.1. The summed E-state index contributed by atoms with van der Waals surface area (Å²) in [6.45, 7) is 2.17. The van der Waals surface area contributed by atoms with Gasteiger partial charge in [0.2, 0.25) is 0 Å². The lowest BCUT2D eigenvalue weighted by Crippen LogP contribution is -2.25. The summed E-state index contributed by atoms with van der Waals surface area (Å²) in [7, 11) is 0. The number of unbranched alkanes of at least 4 members (excludes halogenated alkanes) is 6. The molecule has 1 aromatic carbocycles. The van der Waals surface area contributed by atoms with Gasteiger partial charge < -0.3 is 9.47 Å². The van der Waals surface area contributed by atoms with Crippen LogP contribution in [0.15, 0.2) is 36.5 Å². The van der Waals surface area contributed by atoms with Crippen LogP contribution in [0, 0.1) is 5.92 Å². The van der Waals surface area contributed by atoms with Crippen molar-refractivity contribution in [1.29, 1.82) is 0 Å². The molecule has 200 valence electrons. The molecule has 1 saturated carbocycles. The Labute approximate surface area is 216 Å². The van der Waals surface area contributed by atoms with E-state index in [0.29, 0.717) is 24.6 Å². The molecule has 1 fully saturated rings. The predicted molar refractivity (Wildman–Crippen MR) is 142 cm³/mol. The number of ether oxygens (including phenoxy) is 2. The molecule has 0 radical (unpaired) electrons. The molecular formula is C30H44F2N2O2. The van der Waals surface area contributed by atoms with E-state index in [9.17, 15) is 8.78 Å². The number of alkyl halides is 2. The topological polar surface area (TPSA) is 44.2 Å². The second kappa shape index (κ2) is 16.5. The van der Waals surface area contributed by atoms with Gasteiger partial charge in [0.15, 0.2) is 17.7 Å². The number of hydrogen-bond acceptors (Lipinski definition) is 4. The Morgan fingerprint density at radius 3 is 2.42 bits per heavy atom. The minimum absolute atomic E-state index is 0.170. The van der Waals surface area contributed by atoms with Gasteiger partial charge in [-0.25, -0.2) is 13.8 Å². The minimum Gasteiger partial charge on any atom is -0.487 e. The van der Waals surface area contributed by atoms with Crippen LogP contribution in [0.3, 0.4) is 0 Å². The Kier molecular flexibility index (Phi) is 13.0. The first kappa shape index (κ1) is 28.3. The zero-order valence-electron chi connectivity index (χ0n) is 22.0. The third-order valence-corrected chi connectivity index (χ3v) is 7.10. The maximum atomic E-state index is 14.4. The molecule has 0 amide bonds. The van der Waals surface area contributed by atoms with Crippen molar-refractivity contribution in [2.24, 2.45) is 5.92 Å². The average molecular weight is 503 g/mol. The fraction of sp³-hybridized carbons (Fsp3) is 0.667. The molecule has 1 heterocycles. The van der Waals surface area contributed by atoms with Gasteiger partial charge in [-0.1, -0.05) is 114 Å². The molecule has 3 rings (SSSR count). The van der Waals surface area contributed by atoms with Crippen molar-refractivity contribution >= 4 is 0 Å². The summed E-state index contributed by atoms with van der Waals surface area (Å²) >= 11 is 0. The fourth-order valence-electron chi connectivity index (χ4n) is 4.86. The molecule has 0 spiro atoms. The maximum absolute atomic E-state index is 14.4.